The first-order valence-electron chi connectivity index (χ1n) is 15.7. The molecule has 15 nitrogen and oxygen atoms in total. The lowest BCUT2D eigenvalue weighted by Gasteiger charge is -2.25. The molecule has 0 spiro atoms. The Hall–Kier alpha value is -5.18. The number of hydrogen-bond donors (Lipinski definition) is 3. The number of ether oxygens (including phenoxy) is 1. The SMILES string of the molecule is Cc1ccc2cc1OCCCn1cc(nn1)CCN(C(=O)CCCc1nc(-c3ccncc3)no1)CCNC(=O)[C@H]([C@@H](C)O)NC2=O. The molecule has 1 aromatic carbocycles. The fraction of sp³-hybridized carbons (Fsp3) is 0.438. The molecule has 0 saturated carbocycles. The summed E-state index contributed by atoms with van der Waals surface area (Å²) in [7, 11) is 0. The maximum atomic E-state index is 13.4. The van der Waals surface area contributed by atoms with E-state index in [9.17, 15) is 19.5 Å². The van der Waals surface area contributed by atoms with Gasteiger partial charge in [0.2, 0.25) is 23.5 Å². The number of aliphatic hydroxyl groups is 1. The fourth-order valence-electron chi connectivity index (χ4n) is 5.06. The molecule has 4 heterocycles. The van der Waals surface area contributed by atoms with Gasteiger partial charge in [0, 0.05) is 81.6 Å². The molecular weight excluding hydrogens is 606 g/mol. The molecular formula is C32H39N9O6. The van der Waals surface area contributed by atoms with Gasteiger partial charge >= 0.3 is 0 Å². The average Bonchev–Trinajstić information content (AvgIpc) is 3.73. The molecule has 2 atom stereocenters. The number of nitrogens with one attached hydrogen (secondary N) is 2. The van der Waals surface area contributed by atoms with Crippen molar-refractivity contribution in [2.45, 2.75) is 64.6 Å². The Bertz CT molecular complexity index is 1660. The number of fused-ring (bicyclic) bond motifs is 4. The molecule has 47 heavy (non-hydrogen) atoms. The number of carbonyl (C=O) groups excluding carboxylic acids is 3. The maximum absolute atomic E-state index is 13.4. The summed E-state index contributed by atoms with van der Waals surface area (Å²) in [5.41, 5.74) is 2.68. The van der Waals surface area contributed by atoms with E-state index in [0.717, 1.165) is 16.8 Å². The topological polar surface area (TPSA) is 190 Å². The number of aliphatic hydroxyl groups excluding tert-OH is 1. The average molecular weight is 646 g/mol. The molecule has 0 unspecified atom stereocenters. The van der Waals surface area contributed by atoms with Gasteiger partial charge in [-0.2, -0.15) is 4.98 Å². The van der Waals surface area contributed by atoms with Gasteiger partial charge in [0.25, 0.3) is 5.91 Å². The van der Waals surface area contributed by atoms with Crippen LogP contribution in [0.1, 0.15) is 53.7 Å². The number of pyridine rings is 1. The van der Waals surface area contributed by atoms with Crippen molar-refractivity contribution in [2.75, 3.05) is 26.2 Å². The van der Waals surface area contributed by atoms with Crippen LogP contribution < -0.4 is 15.4 Å². The lowest BCUT2D eigenvalue weighted by molar-refractivity contribution is -0.132. The summed E-state index contributed by atoms with van der Waals surface area (Å²) in [4.78, 5) is 49.6. The van der Waals surface area contributed by atoms with Crippen LogP contribution in [0.25, 0.3) is 11.4 Å². The van der Waals surface area contributed by atoms with Crippen molar-refractivity contribution in [3.8, 4) is 17.1 Å². The highest BCUT2D eigenvalue weighted by atomic mass is 16.5. The third kappa shape index (κ3) is 9.19. The molecule has 0 saturated heterocycles. The lowest BCUT2D eigenvalue weighted by Crippen LogP contribution is -2.53. The largest absolute Gasteiger partial charge is 0.493 e. The first-order valence-corrected chi connectivity index (χ1v) is 15.7. The molecule has 3 N–H and O–H groups in total. The summed E-state index contributed by atoms with van der Waals surface area (Å²) in [6, 6.07) is 7.40. The minimum absolute atomic E-state index is 0.109. The summed E-state index contributed by atoms with van der Waals surface area (Å²) in [5.74, 6) is 0.239. The van der Waals surface area contributed by atoms with Gasteiger partial charge in [0.15, 0.2) is 0 Å². The van der Waals surface area contributed by atoms with Crippen molar-refractivity contribution in [1.82, 2.24) is 45.7 Å². The molecule has 3 aromatic heterocycles. The molecule has 0 fully saturated rings. The highest BCUT2D eigenvalue weighted by Gasteiger charge is 2.27. The Kier molecular flexibility index (Phi) is 11.2. The Morgan fingerprint density at radius 3 is 2.77 bits per heavy atom. The van der Waals surface area contributed by atoms with Gasteiger partial charge in [-0.15, -0.1) is 5.10 Å². The Morgan fingerprint density at radius 2 is 1.96 bits per heavy atom. The van der Waals surface area contributed by atoms with Crippen molar-refractivity contribution in [2.24, 2.45) is 0 Å². The van der Waals surface area contributed by atoms with Crippen LogP contribution in [0.5, 0.6) is 5.75 Å². The number of rotatable bonds is 6. The van der Waals surface area contributed by atoms with E-state index in [1.54, 1.807) is 52.3 Å². The molecule has 3 amide bonds. The zero-order valence-corrected chi connectivity index (χ0v) is 26.5. The second-order valence-electron chi connectivity index (χ2n) is 11.4. The number of carbonyl (C=O) groups is 3. The highest BCUT2D eigenvalue weighted by molar-refractivity contribution is 5.98. The van der Waals surface area contributed by atoms with Crippen LogP contribution in [0.2, 0.25) is 0 Å². The first-order chi connectivity index (χ1) is 22.8. The van der Waals surface area contributed by atoms with E-state index in [-0.39, 0.29) is 25.4 Å². The second kappa shape index (κ2) is 15.9. The van der Waals surface area contributed by atoms with Crippen LogP contribution in [0.4, 0.5) is 0 Å². The molecule has 4 bridgehead atoms. The van der Waals surface area contributed by atoms with Crippen molar-refractivity contribution in [3.05, 3.63) is 71.6 Å². The molecule has 248 valence electrons. The van der Waals surface area contributed by atoms with Crippen molar-refractivity contribution in [3.63, 3.8) is 0 Å². The van der Waals surface area contributed by atoms with Crippen LogP contribution in [0.15, 0.2) is 53.4 Å². The predicted octanol–water partition coefficient (Wildman–Crippen LogP) is 1.50. The second-order valence-corrected chi connectivity index (χ2v) is 11.4. The van der Waals surface area contributed by atoms with E-state index in [1.807, 2.05) is 13.1 Å². The van der Waals surface area contributed by atoms with Gasteiger partial charge in [-0.05, 0) is 50.1 Å². The molecule has 1 aliphatic heterocycles. The number of benzene rings is 1. The van der Waals surface area contributed by atoms with Crippen molar-refractivity contribution < 1.29 is 28.8 Å². The van der Waals surface area contributed by atoms with Crippen LogP contribution in [-0.2, 0) is 29.0 Å². The molecule has 5 rings (SSSR count). The van der Waals surface area contributed by atoms with Crippen LogP contribution in [-0.4, -0.2) is 96.2 Å². The lowest BCUT2D eigenvalue weighted by atomic mass is 10.1. The van der Waals surface area contributed by atoms with Gasteiger partial charge in [-0.25, -0.2) is 0 Å². The maximum Gasteiger partial charge on any atom is 0.252 e. The Balaban J connectivity index is 1.24. The molecule has 0 aliphatic carbocycles. The van der Waals surface area contributed by atoms with Gasteiger partial charge in [-0.1, -0.05) is 16.4 Å². The minimum atomic E-state index is -1.20. The number of nitrogens with zero attached hydrogens (tertiary/aromatic N) is 7. The van der Waals surface area contributed by atoms with Crippen LogP contribution >= 0.6 is 0 Å². The van der Waals surface area contributed by atoms with Gasteiger partial charge in [0.1, 0.15) is 11.8 Å². The number of aryl methyl sites for hydroxylation is 3. The summed E-state index contributed by atoms with van der Waals surface area (Å²) in [5, 5.41) is 28.2. The van der Waals surface area contributed by atoms with Crippen LogP contribution in [0, 0.1) is 6.92 Å². The quantitative estimate of drug-likeness (QED) is 0.275. The zero-order chi connectivity index (χ0) is 33.2. The van der Waals surface area contributed by atoms with E-state index in [1.165, 1.54) is 6.92 Å². The van der Waals surface area contributed by atoms with Gasteiger partial charge < -0.3 is 29.9 Å². The summed E-state index contributed by atoms with van der Waals surface area (Å²) in [6.07, 6.45) is 6.22. The van der Waals surface area contributed by atoms with E-state index in [4.69, 9.17) is 9.26 Å². The van der Waals surface area contributed by atoms with Crippen molar-refractivity contribution in [1.29, 1.82) is 0 Å². The standard InChI is InChI=1S/C32H39N9O6/c1-21-7-8-24-19-26(21)46-18-4-15-41-20-25(37-39-41)11-16-40(17-14-34-32(45)29(22(2)42)36-31(24)44)28(43)6-3-5-27-35-30(38-47-27)23-9-12-33-13-10-23/h7-10,12-13,19-20,22,29,42H,3-6,11,14-18H2,1-2H3,(H,34,45)(H,36,44)/t22-,29+/m1/s1. The molecule has 0 radical (unpaired) electrons. The first kappa shape index (κ1) is 33.2. The molecule has 4 aromatic rings. The van der Waals surface area contributed by atoms with Crippen LogP contribution in [0.3, 0.4) is 0 Å². The normalized spacial score (nSPS) is 17.3. The monoisotopic (exact) mass is 645 g/mol. The summed E-state index contributed by atoms with van der Waals surface area (Å²) < 4.78 is 13.0. The number of hydrogen-bond acceptors (Lipinski definition) is 11. The van der Waals surface area contributed by atoms with E-state index in [2.05, 4.69) is 36.1 Å². The van der Waals surface area contributed by atoms with E-state index < -0.39 is 24.0 Å². The minimum Gasteiger partial charge on any atom is -0.493 e. The van der Waals surface area contributed by atoms with Gasteiger partial charge in [0.05, 0.1) is 18.4 Å². The predicted molar refractivity (Wildman–Crippen MR) is 168 cm³/mol. The molecule has 1 aliphatic rings. The van der Waals surface area contributed by atoms with Crippen molar-refractivity contribution >= 4 is 17.7 Å². The smallest absolute Gasteiger partial charge is 0.252 e. The highest BCUT2D eigenvalue weighted by Crippen LogP contribution is 2.20. The third-order valence-corrected chi connectivity index (χ3v) is 7.74. The zero-order valence-electron chi connectivity index (χ0n) is 26.5. The van der Waals surface area contributed by atoms with Gasteiger partial charge in [-0.3, -0.25) is 24.0 Å². The number of aromatic nitrogens is 6. The molecule has 15 heteroatoms. The Labute approximate surface area is 271 Å². The fourth-order valence-corrected chi connectivity index (χ4v) is 5.06. The number of amides is 3. The summed E-state index contributed by atoms with van der Waals surface area (Å²) >= 11 is 0. The summed E-state index contributed by atoms with van der Waals surface area (Å²) in [6.45, 7) is 4.95. The van der Waals surface area contributed by atoms with E-state index >= 15 is 0 Å². The Morgan fingerprint density at radius 1 is 1.13 bits per heavy atom. The van der Waals surface area contributed by atoms with E-state index in [0.29, 0.717) is 68.4 Å². The third-order valence-electron chi connectivity index (χ3n) is 7.74.